The average Bonchev–Trinajstić information content (AvgIpc) is 3.36. The number of hydrogen-bond donors (Lipinski definition) is 0. The largest absolute Gasteiger partial charge is 0.355 e. The Bertz CT molecular complexity index is 969. The minimum absolute atomic E-state index is 0.322. The Morgan fingerprint density at radius 1 is 1.33 bits per heavy atom. The quantitative estimate of drug-likeness (QED) is 0.693. The molecule has 3 aromatic heterocycles. The van der Waals surface area contributed by atoms with Gasteiger partial charge in [-0.2, -0.15) is 5.26 Å². The maximum Gasteiger partial charge on any atom is 0.146 e. The van der Waals surface area contributed by atoms with Gasteiger partial charge in [-0.05, 0) is 38.3 Å². The van der Waals surface area contributed by atoms with Crippen molar-refractivity contribution in [3.63, 3.8) is 0 Å². The van der Waals surface area contributed by atoms with Crippen molar-refractivity contribution in [3.8, 4) is 6.07 Å². The van der Waals surface area contributed by atoms with Gasteiger partial charge >= 0.3 is 0 Å². The molecule has 6 nitrogen and oxygen atoms in total. The summed E-state index contributed by atoms with van der Waals surface area (Å²) in [4.78, 5) is 16.0. The van der Waals surface area contributed by atoms with Crippen molar-refractivity contribution in [3.05, 3.63) is 57.7 Å². The molecule has 1 aliphatic rings. The Morgan fingerprint density at radius 3 is 3.00 bits per heavy atom. The molecule has 0 bridgehead atoms. The first-order valence-electron chi connectivity index (χ1n) is 9.17. The highest BCUT2D eigenvalue weighted by atomic mass is 32.1. The molecule has 1 saturated heterocycles. The van der Waals surface area contributed by atoms with Gasteiger partial charge < -0.3 is 9.47 Å². The summed E-state index contributed by atoms with van der Waals surface area (Å²) in [6.45, 7) is 6.51. The summed E-state index contributed by atoms with van der Waals surface area (Å²) < 4.78 is 2.20. The minimum atomic E-state index is 0.322. The summed E-state index contributed by atoms with van der Waals surface area (Å²) in [5.41, 5.74) is 5.63. The number of aromatic nitrogens is 4. The van der Waals surface area contributed by atoms with Gasteiger partial charge in [0.05, 0.1) is 23.3 Å². The Balaban J connectivity index is 1.59. The number of rotatable bonds is 4. The number of imidazole rings is 1. The van der Waals surface area contributed by atoms with Gasteiger partial charge in [-0.1, -0.05) is 0 Å². The van der Waals surface area contributed by atoms with Crippen LogP contribution in [-0.4, -0.2) is 32.6 Å². The smallest absolute Gasteiger partial charge is 0.146 e. The molecule has 1 atom stereocenters. The predicted octanol–water partition coefficient (Wildman–Crippen LogP) is 3.66. The lowest BCUT2D eigenvalue weighted by atomic mass is 9.96. The first kappa shape index (κ1) is 17.7. The molecule has 1 aliphatic heterocycles. The van der Waals surface area contributed by atoms with Crippen LogP contribution in [-0.2, 0) is 6.54 Å². The van der Waals surface area contributed by atoms with Gasteiger partial charge in [0.25, 0.3) is 0 Å². The molecule has 0 aromatic carbocycles. The van der Waals surface area contributed by atoms with Crippen LogP contribution in [0.15, 0.2) is 29.4 Å². The molecule has 0 saturated carbocycles. The van der Waals surface area contributed by atoms with Crippen LogP contribution in [0, 0.1) is 25.2 Å². The summed E-state index contributed by atoms with van der Waals surface area (Å²) >= 11 is 1.62. The highest BCUT2D eigenvalue weighted by molar-refractivity contribution is 7.07. The molecule has 27 heavy (non-hydrogen) atoms. The topological polar surface area (TPSA) is 70.6 Å². The first-order valence-corrected chi connectivity index (χ1v) is 10.1. The van der Waals surface area contributed by atoms with Gasteiger partial charge in [-0.15, -0.1) is 11.3 Å². The molecule has 0 amide bonds. The van der Waals surface area contributed by atoms with E-state index >= 15 is 0 Å². The lowest BCUT2D eigenvalue weighted by Gasteiger charge is -2.34. The van der Waals surface area contributed by atoms with Crippen molar-refractivity contribution in [2.45, 2.75) is 39.2 Å². The zero-order valence-electron chi connectivity index (χ0n) is 15.6. The molecule has 4 heterocycles. The summed E-state index contributed by atoms with van der Waals surface area (Å²) in [6.07, 6.45) is 6.06. The standard InChI is InChI=1S/C20H22N6S/c1-14-8-17(9-21)20(24-15(14)2)25-6-3-4-16(10-25)19-22-5-7-26(19)11-18-12-27-13-23-18/h5,7-8,12-13,16H,3-4,6,10-11H2,1-2H3/t16-/m1/s1. The second-order valence-electron chi connectivity index (χ2n) is 7.05. The molecule has 0 unspecified atom stereocenters. The highest BCUT2D eigenvalue weighted by Gasteiger charge is 2.27. The fraction of sp³-hybridized carbons (Fsp3) is 0.400. The molecule has 138 valence electrons. The number of pyridine rings is 1. The van der Waals surface area contributed by atoms with Crippen molar-refractivity contribution in [2.75, 3.05) is 18.0 Å². The molecule has 0 spiro atoms. The van der Waals surface area contributed by atoms with Crippen LogP contribution in [0.25, 0.3) is 0 Å². The fourth-order valence-electron chi connectivity index (χ4n) is 3.70. The second kappa shape index (κ2) is 7.49. The number of nitriles is 1. The molecule has 0 aliphatic carbocycles. The van der Waals surface area contributed by atoms with Gasteiger partial charge in [0.2, 0.25) is 0 Å². The number of hydrogen-bond acceptors (Lipinski definition) is 6. The third-order valence-electron chi connectivity index (χ3n) is 5.22. The first-order chi connectivity index (χ1) is 13.2. The maximum atomic E-state index is 9.56. The summed E-state index contributed by atoms with van der Waals surface area (Å²) in [5, 5.41) is 11.6. The molecular formula is C20H22N6S. The monoisotopic (exact) mass is 378 g/mol. The van der Waals surface area contributed by atoms with Crippen molar-refractivity contribution in [1.82, 2.24) is 19.5 Å². The van der Waals surface area contributed by atoms with E-state index in [4.69, 9.17) is 4.98 Å². The third-order valence-corrected chi connectivity index (χ3v) is 5.85. The van der Waals surface area contributed by atoms with Crippen molar-refractivity contribution in [1.29, 1.82) is 5.26 Å². The van der Waals surface area contributed by atoms with Crippen molar-refractivity contribution < 1.29 is 0 Å². The van der Waals surface area contributed by atoms with Crippen LogP contribution in [0.3, 0.4) is 0 Å². The number of aryl methyl sites for hydroxylation is 2. The molecule has 1 fully saturated rings. The molecule has 0 radical (unpaired) electrons. The Kier molecular flexibility index (Phi) is 4.90. The van der Waals surface area contributed by atoms with Crippen LogP contribution >= 0.6 is 11.3 Å². The second-order valence-corrected chi connectivity index (χ2v) is 7.77. The van der Waals surface area contributed by atoms with Crippen molar-refractivity contribution in [2.24, 2.45) is 0 Å². The number of anilines is 1. The Morgan fingerprint density at radius 2 is 2.22 bits per heavy atom. The highest BCUT2D eigenvalue weighted by Crippen LogP contribution is 2.31. The fourth-order valence-corrected chi connectivity index (χ4v) is 4.25. The van der Waals surface area contributed by atoms with Crippen LogP contribution in [0.5, 0.6) is 0 Å². The average molecular weight is 379 g/mol. The lowest BCUT2D eigenvalue weighted by Crippen LogP contribution is -2.36. The van der Waals surface area contributed by atoms with Gasteiger partial charge in [0, 0.05) is 42.5 Å². The van der Waals surface area contributed by atoms with E-state index in [2.05, 4.69) is 30.9 Å². The van der Waals surface area contributed by atoms with Crippen LogP contribution in [0.2, 0.25) is 0 Å². The van der Waals surface area contributed by atoms with Crippen LogP contribution in [0.1, 0.15) is 47.1 Å². The van der Waals surface area contributed by atoms with Gasteiger partial charge in [-0.25, -0.2) is 15.0 Å². The van der Waals surface area contributed by atoms with E-state index in [0.717, 1.165) is 61.1 Å². The van der Waals surface area contributed by atoms with E-state index in [9.17, 15) is 5.26 Å². The SMILES string of the molecule is Cc1cc(C#N)c(N2CCC[C@@H](c3nccn3Cc3cscn3)C2)nc1C. The molecule has 7 heteroatoms. The predicted molar refractivity (Wildman–Crippen MR) is 106 cm³/mol. The molecule has 0 N–H and O–H groups in total. The molecule has 3 aromatic rings. The number of piperidine rings is 1. The summed E-state index contributed by atoms with van der Waals surface area (Å²) in [5.74, 6) is 2.22. The number of thiazole rings is 1. The Labute approximate surface area is 163 Å². The Hall–Kier alpha value is -2.72. The van der Waals surface area contributed by atoms with Crippen LogP contribution < -0.4 is 4.90 Å². The van der Waals surface area contributed by atoms with E-state index in [0.29, 0.717) is 11.5 Å². The van der Waals surface area contributed by atoms with Gasteiger partial charge in [0.1, 0.15) is 17.7 Å². The van der Waals surface area contributed by atoms with Gasteiger partial charge in [-0.3, -0.25) is 0 Å². The van der Waals surface area contributed by atoms with Gasteiger partial charge in [0.15, 0.2) is 0 Å². The van der Waals surface area contributed by atoms with Crippen LogP contribution in [0.4, 0.5) is 5.82 Å². The van der Waals surface area contributed by atoms with E-state index in [1.807, 2.05) is 37.8 Å². The third kappa shape index (κ3) is 3.58. The van der Waals surface area contributed by atoms with Crippen molar-refractivity contribution >= 4 is 17.2 Å². The summed E-state index contributed by atoms with van der Waals surface area (Å²) in [7, 11) is 0. The van der Waals surface area contributed by atoms with E-state index in [1.165, 1.54) is 0 Å². The maximum absolute atomic E-state index is 9.56. The molecular weight excluding hydrogens is 356 g/mol. The van der Waals surface area contributed by atoms with E-state index in [1.54, 1.807) is 11.3 Å². The summed E-state index contributed by atoms with van der Waals surface area (Å²) in [6, 6.07) is 4.27. The number of nitrogens with zero attached hydrogens (tertiary/aromatic N) is 6. The molecule has 4 rings (SSSR count). The normalized spacial score (nSPS) is 17.1. The zero-order valence-corrected chi connectivity index (χ0v) is 16.4. The lowest BCUT2D eigenvalue weighted by molar-refractivity contribution is 0.473. The zero-order chi connectivity index (χ0) is 18.8. The van der Waals surface area contributed by atoms with E-state index < -0.39 is 0 Å². The van der Waals surface area contributed by atoms with E-state index in [-0.39, 0.29) is 0 Å². The minimum Gasteiger partial charge on any atom is -0.355 e.